The SMILES string of the molecule is CC(C)C1OCCC1CO. The lowest BCUT2D eigenvalue weighted by Gasteiger charge is -2.19. The Bertz CT molecular complexity index is 101. The lowest BCUT2D eigenvalue weighted by molar-refractivity contribution is 0.0387. The standard InChI is InChI=1S/C8H16O2/c1-6(2)8-7(5-9)3-4-10-8/h6-9H,3-5H2,1-2H3. The van der Waals surface area contributed by atoms with Crippen LogP contribution >= 0.6 is 0 Å². The molecule has 60 valence electrons. The Kier molecular flexibility index (Phi) is 2.69. The first-order chi connectivity index (χ1) is 4.75. The van der Waals surface area contributed by atoms with E-state index in [0.717, 1.165) is 13.0 Å². The van der Waals surface area contributed by atoms with Crippen molar-refractivity contribution in [2.45, 2.75) is 26.4 Å². The van der Waals surface area contributed by atoms with Crippen LogP contribution in [0.1, 0.15) is 20.3 Å². The van der Waals surface area contributed by atoms with Crippen molar-refractivity contribution in [2.75, 3.05) is 13.2 Å². The van der Waals surface area contributed by atoms with Gasteiger partial charge in [0.05, 0.1) is 6.10 Å². The summed E-state index contributed by atoms with van der Waals surface area (Å²) in [6, 6.07) is 0. The van der Waals surface area contributed by atoms with Crippen LogP contribution < -0.4 is 0 Å². The van der Waals surface area contributed by atoms with Crippen molar-refractivity contribution in [1.82, 2.24) is 0 Å². The topological polar surface area (TPSA) is 29.5 Å². The summed E-state index contributed by atoms with van der Waals surface area (Å²) in [4.78, 5) is 0. The highest BCUT2D eigenvalue weighted by Crippen LogP contribution is 2.25. The molecule has 1 aliphatic heterocycles. The first-order valence-electron chi connectivity index (χ1n) is 3.98. The van der Waals surface area contributed by atoms with E-state index in [4.69, 9.17) is 9.84 Å². The number of hydrogen-bond acceptors (Lipinski definition) is 2. The fraction of sp³-hybridized carbons (Fsp3) is 1.00. The smallest absolute Gasteiger partial charge is 0.0648 e. The Hall–Kier alpha value is -0.0800. The van der Waals surface area contributed by atoms with E-state index in [2.05, 4.69) is 13.8 Å². The molecule has 2 unspecified atom stereocenters. The first kappa shape index (κ1) is 8.02. The average molecular weight is 144 g/mol. The van der Waals surface area contributed by atoms with Crippen LogP contribution in [0.2, 0.25) is 0 Å². The molecule has 1 fully saturated rings. The number of aliphatic hydroxyl groups is 1. The van der Waals surface area contributed by atoms with Crippen LogP contribution in [0.4, 0.5) is 0 Å². The van der Waals surface area contributed by atoms with E-state index in [1.54, 1.807) is 0 Å². The number of hydrogen-bond donors (Lipinski definition) is 1. The van der Waals surface area contributed by atoms with Gasteiger partial charge in [-0.25, -0.2) is 0 Å². The second kappa shape index (κ2) is 3.35. The molecule has 1 rings (SSSR count). The third kappa shape index (κ3) is 1.50. The molecule has 0 aliphatic carbocycles. The zero-order chi connectivity index (χ0) is 7.56. The van der Waals surface area contributed by atoms with Crippen LogP contribution in [0, 0.1) is 11.8 Å². The lowest BCUT2D eigenvalue weighted by Crippen LogP contribution is -2.24. The van der Waals surface area contributed by atoms with Crippen LogP contribution in [0.3, 0.4) is 0 Å². The molecule has 1 saturated heterocycles. The first-order valence-corrected chi connectivity index (χ1v) is 3.98. The number of rotatable bonds is 2. The summed E-state index contributed by atoms with van der Waals surface area (Å²) in [6.07, 6.45) is 1.32. The minimum absolute atomic E-state index is 0.281. The maximum atomic E-state index is 8.91. The largest absolute Gasteiger partial charge is 0.396 e. The Morgan fingerprint density at radius 3 is 2.70 bits per heavy atom. The molecule has 0 saturated carbocycles. The number of aliphatic hydroxyl groups excluding tert-OH is 1. The monoisotopic (exact) mass is 144 g/mol. The average Bonchev–Trinajstić information content (AvgIpc) is 2.33. The highest BCUT2D eigenvalue weighted by molar-refractivity contribution is 4.77. The molecule has 1 N–H and O–H groups in total. The van der Waals surface area contributed by atoms with E-state index >= 15 is 0 Å². The predicted molar refractivity (Wildman–Crippen MR) is 39.8 cm³/mol. The molecule has 1 aliphatic rings. The van der Waals surface area contributed by atoms with Gasteiger partial charge in [0.2, 0.25) is 0 Å². The van der Waals surface area contributed by atoms with Crippen molar-refractivity contribution < 1.29 is 9.84 Å². The molecule has 2 heteroatoms. The van der Waals surface area contributed by atoms with Crippen LogP contribution in [-0.4, -0.2) is 24.4 Å². The van der Waals surface area contributed by atoms with Crippen LogP contribution in [0.5, 0.6) is 0 Å². The zero-order valence-electron chi connectivity index (χ0n) is 6.71. The van der Waals surface area contributed by atoms with Gasteiger partial charge in [0.15, 0.2) is 0 Å². The summed E-state index contributed by atoms with van der Waals surface area (Å²) in [7, 11) is 0. The summed E-state index contributed by atoms with van der Waals surface area (Å²) in [5.41, 5.74) is 0. The van der Waals surface area contributed by atoms with Crippen LogP contribution in [0.25, 0.3) is 0 Å². The minimum Gasteiger partial charge on any atom is -0.396 e. The molecule has 0 radical (unpaired) electrons. The van der Waals surface area contributed by atoms with E-state index < -0.39 is 0 Å². The summed E-state index contributed by atoms with van der Waals surface area (Å²) in [5, 5.41) is 8.91. The Balaban J connectivity index is 2.42. The Morgan fingerprint density at radius 1 is 1.60 bits per heavy atom. The molecule has 0 aromatic carbocycles. The Labute approximate surface area is 62.2 Å². The summed E-state index contributed by atoms with van der Waals surface area (Å²) in [5.74, 6) is 0.930. The molecule has 0 amide bonds. The Morgan fingerprint density at radius 2 is 2.30 bits per heavy atom. The van der Waals surface area contributed by atoms with Gasteiger partial charge in [-0.05, 0) is 12.3 Å². The molecule has 0 aromatic rings. The third-order valence-corrected chi connectivity index (χ3v) is 2.16. The fourth-order valence-electron chi connectivity index (χ4n) is 1.59. The van der Waals surface area contributed by atoms with Crippen molar-refractivity contribution in [3.05, 3.63) is 0 Å². The molecule has 2 nitrogen and oxygen atoms in total. The highest BCUT2D eigenvalue weighted by Gasteiger charge is 2.29. The quantitative estimate of drug-likeness (QED) is 0.627. The summed E-state index contributed by atoms with van der Waals surface area (Å²) in [6.45, 7) is 5.38. The van der Waals surface area contributed by atoms with Crippen molar-refractivity contribution >= 4 is 0 Å². The van der Waals surface area contributed by atoms with E-state index in [-0.39, 0.29) is 6.61 Å². The summed E-state index contributed by atoms with van der Waals surface area (Å²) >= 11 is 0. The van der Waals surface area contributed by atoms with Gasteiger partial charge >= 0.3 is 0 Å². The minimum atomic E-state index is 0.281. The predicted octanol–water partition coefficient (Wildman–Crippen LogP) is 1.04. The molecule has 0 aromatic heterocycles. The van der Waals surface area contributed by atoms with Crippen molar-refractivity contribution in [3.8, 4) is 0 Å². The second-order valence-electron chi connectivity index (χ2n) is 3.31. The van der Waals surface area contributed by atoms with Crippen molar-refractivity contribution in [2.24, 2.45) is 11.8 Å². The van der Waals surface area contributed by atoms with Gasteiger partial charge in [0.1, 0.15) is 0 Å². The van der Waals surface area contributed by atoms with Crippen molar-refractivity contribution in [1.29, 1.82) is 0 Å². The van der Waals surface area contributed by atoms with Crippen LogP contribution in [-0.2, 0) is 4.74 Å². The van der Waals surface area contributed by atoms with Gasteiger partial charge in [-0.3, -0.25) is 0 Å². The van der Waals surface area contributed by atoms with Gasteiger partial charge in [-0.2, -0.15) is 0 Å². The van der Waals surface area contributed by atoms with Gasteiger partial charge in [0.25, 0.3) is 0 Å². The summed E-state index contributed by atoms with van der Waals surface area (Å²) < 4.78 is 5.46. The van der Waals surface area contributed by atoms with Gasteiger partial charge in [-0.1, -0.05) is 13.8 Å². The van der Waals surface area contributed by atoms with Gasteiger partial charge in [0, 0.05) is 19.1 Å². The van der Waals surface area contributed by atoms with Crippen molar-refractivity contribution in [3.63, 3.8) is 0 Å². The number of ether oxygens (including phenoxy) is 1. The maximum Gasteiger partial charge on any atom is 0.0648 e. The molecule has 1 heterocycles. The molecular formula is C8H16O2. The normalized spacial score (nSPS) is 33.6. The van der Waals surface area contributed by atoms with E-state index in [1.165, 1.54) is 0 Å². The van der Waals surface area contributed by atoms with E-state index in [9.17, 15) is 0 Å². The maximum absolute atomic E-state index is 8.91. The van der Waals surface area contributed by atoms with E-state index in [1.807, 2.05) is 0 Å². The molecule has 0 bridgehead atoms. The molecular weight excluding hydrogens is 128 g/mol. The molecule has 0 spiro atoms. The third-order valence-electron chi connectivity index (χ3n) is 2.16. The van der Waals surface area contributed by atoms with Gasteiger partial charge < -0.3 is 9.84 Å². The zero-order valence-corrected chi connectivity index (χ0v) is 6.71. The fourth-order valence-corrected chi connectivity index (χ4v) is 1.59. The van der Waals surface area contributed by atoms with E-state index in [0.29, 0.717) is 17.9 Å². The molecule has 2 atom stereocenters. The van der Waals surface area contributed by atoms with Crippen LogP contribution in [0.15, 0.2) is 0 Å². The molecule has 10 heavy (non-hydrogen) atoms. The second-order valence-corrected chi connectivity index (χ2v) is 3.31. The lowest BCUT2D eigenvalue weighted by atomic mass is 9.94. The van der Waals surface area contributed by atoms with Gasteiger partial charge in [-0.15, -0.1) is 0 Å². The highest BCUT2D eigenvalue weighted by atomic mass is 16.5.